The Morgan fingerprint density at radius 1 is 1.36 bits per heavy atom. The van der Waals surface area contributed by atoms with Gasteiger partial charge in [-0.15, -0.1) is 0 Å². The van der Waals surface area contributed by atoms with Crippen molar-refractivity contribution in [3.05, 3.63) is 0 Å². The summed E-state index contributed by atoms with van der Waals surface area (Å²) in [5.74, 6) is -0.444. The first-order chi connectivity index (χ1) is 6.37. The summed E-state index contributed by atoms with van der Waals surface area (Å²) < 4.78 is 22.3. The van der Waals surface area contributed by atoms with Crippen LogP contribution in [0.4, 0.5) is 0 Å². The lowest BCUT2D eigenvalue weighted by molar-refractivity contribution is -0.138. The van der Waals surface area contributed by atoms with Gasteiger partial charge < -0.3 is 5.11 Å². The maximum absolute atomic E-state index is 11.2. The Morgan fingerprint density at radius 3 is 2.21 bits per heavy atom. The number of carbonyl (C=O) groups excluding carboxylic acids is 1. The van der Waals surface area contributed by atoms with Crippen molar-refractivity contribution in [2.45, 2.75) is 12.1 Å². The topological polar surface area (TPSA) is 77.9 Å². The van der Waals surface area contributed by atoms with E-state index in [1.807, 2.05) is 0 Å². The second-order valence-corrected chi connectivity index (χ2v) is 5.70. The van der Waals surface area contributed by atoms with Gasteiger partial charge in [-0.05, 0) is 0 Å². The minimum absolute atomic E-state index is 0.176. The van der Waals surface area contributed by atoms with Crippen LogP contribution in [-0.4, -0.2) is 67.7 Å². The standard InChI is InChI=1S/C7H14N2O4S/c1-8(2)9(5-10)6-3-14(12,13)4-7(6)11/h5-7,11H,3-4H2,1-2H3/t6-,7-/m1/s1. The summed E-state index contributed by atoms with van der Waals surface area (Å²) in [4.78, 5) is 10.7. The normalized spacial score (nSPS) is 30.6. The molecule has 0 aromatic carbocycles. The average Bonchev–Trinajstić information content (AvgIpc) is 2.26. The second-order valence-electron chi connectivity index (χ2n) is 3.54. The van der Waals surface area contributed by atoms with Crippen molar-refractivity contribution in [2.24, 2.45) is 0 Å². The number of amides is 1. The van der Waals surface area contributed by atoms with Crippen molar-refractivity contribution in [3.63, 3.8) is 0 Å². The molecular formula is C7H14N2O4S. The summed E-state index contributed by atoms with van der Waals surface area (Å²) in [7, 11) is 0.0237. The van der Waals surface area contributed by atoms with Crippen molar-refractivity contribution < 1.29 is 18.3 Å². The summed E-state index contributed by atoms with van der Waals surface area (Å²) in [5, 5.41) is 12.1. The second kappa shape index (κ2) is 3.84. The molecule has 1 fully saturated rings. The fourth-order valence-corrected chi connectivity index (χ4v) is 3.31. The van der Waals surface area contributed by atoms with Crippen LogP contribution in [0.1, 0.15) is 0 Å². The molecule has 1 saturated heterocycles. The van der Waals surface area contributed by atoms with Crippen molar-refractivity contribution in [1.82, 2.24) is 10.0 Å². The van der Waals surface area contributed by atoms with Gasteiger partial charge in [0.05, 0.1) is 23.7 Å². The first kappa shape index (κ1) is 11.4. The molecule has 2 atom stereocenters. The predicted molar refractivity (Wildman–Crippen MR) is 50.0 cm³/mol. The number of rotatable bonds is 3. The van der Waals surface area contributed by atoms with Gasteiger partial charge in [-0.3, -0.25) is 9.80 Å². The molecule has 0 spiro atoms. The zero-order chi connectivity index (χ0) is 10.9. The van der Waals surface area contributed by atoms with Crippen LogP contribution in [0, 0.1) is 0 Å². The molecule has 1 heterocycles. The summed E-state index contributed by atoms with van der Waals surface area (Å²) in [6, 6.07) is -0.660. The van der Waals surface area contributed by atoms with Crippen molar-refractivity contribution in [3.8, 4) is 0 Å². The maximum Gasteiger partial charge on any atom is 0.224 e. The number of nitrogens with zero attached hydrogens (tertiary/aromatic N) is 2. The van der Waals surface area contributed by atoms with Gasteiger partial charge >= 0.3 is 0 Å². The van der Waals surface area contributed by atoms with Gasteiger partial charge in [0.25, 0.3) is 0 Å². The number of hydrogen-bond donors (Lipinski definition) is 1. The first-order valence-corrected chi connectivity index (χ1v) is 5.99. The molecule has 1 N–H and O–H groups in total. The molecule has 14 heavy (non-hydrogen) atoms. The Labute approximate surface area is 83.0 Å². The Bertz CT molecular complexity index is 314. The van der Waals surface area contributed by atoms with Crippen LogP contribution in [0.15, 0.2) is 0 Å². The highest BCUT2D eigenvalue weighted by Crippen LogP contribution is 2.17. The number of hydrogen-bond acceptors (Lipinski definition) is 5. The van der Waals surface area contributed by atoms with Gasteiger partial charge in [-0.25, -0.2) is 13.4 Å². The van der Waals surface area contributed by atoms with Gasteiger partial charge in [0, 0.05) is 14.1 Å². The van der Waals surface area contributed by atoms with Gasteiger partial charge in [-0.2, -0.15) is 0 Å². The Morgan fingerprint density at radius 2 is 1.93 bits per heavy atom. The van der Waals surface area contributed by atoms with E-state index >= 15 is 0 Å². The molecule has 1 aliphatic rings. The molecule has 1 rings (SSSR count). The number of aliphatic hydroxyl groups excluding tert-OH is 1. The van der Waals surface area contributed by atoms with Crippen LogP contribution in [0.5, 0.6) is 0 Å². The molecule has 0 saturated carbocycles. The van der Waals surface area contributed by atoms with Crippen LogP contribution >= 0.6 is 0 Å². The van der Waals surface area contributed by atoms with E-state index in [1.54, 1.807) is 14.1 Å². The molecule has 7 heteroatoms. The van der Waals surface area contributed by atoms with Crippen molar-refractivity contribution in [1.29, 1.82) is 0 Å². The van der Waals surface area contributed by atoms with Gasteiger partial charge in [-0.1, -0.05) is 0 Å². The number of sulfone groups is 1. The number of hydrazine groups is 1. The van der Waals surface area contributed by atoms with Crippen molar-refractivity contribution in [2.75, 3.05) is 25.6 Å². The van der Waals surface area contributed by atoms with Crippen LogP contribution in [0.2, 0.25) is 0 Å². The van der Waals surface area contributed by atoms with E-state index in [1.165, 1.54) is 10.0 Å². The third-order valence-corrected chi connectivity index (χ3v) is 3.90. The lowest BCUT2D eigenvalue weighted by atomic mass is 10.2. The Balaban J connectivity index is 2.83. The Kier molecular flexibility index (Phi) is 3.13. The molecule has 6 nitrogen and oxygen atoms in total. The Hall–Kier alpha value is -0.660. The molecule has 1 amide bonds. The van der Waals surface area contributed by atoms with Gasteiger partial charge in [0.2, 0.25) is 6.41 Å². The highest BCUT2D eigenvalue weighted by molar-refractivity contribution is 7.91. The van der Waals surface area contributed by atoms with E-state index in [2.05, 4.69) is 0 Å². The molecule has 0 unspecified atom stereocenters. The number of aliphatic hydroxyl groups is 1. The largest absolute Gasteiger partial charge is 0.390 e. The van der Waals surface area contributed by atoms with E-state index in [9.17, 15) is 18.3 Å². The third kappa shape index (κ3) is 2.23. The fraction of sp³-hybridized carbons (Fsp3) is 0.857. The zero-order valence-electron chi connectivity index (χ0n) is 8.12. The summed E-state index contributed by atoms with van der Waals surface area (Å²) in [6.07, 6.45) is -0.470. The summed E-state index contributed by atoms with van der Waals surface area (Å²) in [5.41, 5.74) is 0. The third-order valence-electron chi connectivity index (χ3n) is 2.20. The van der Waals surface area contributed by atoms with E-state index < -0.39 is 22.0 Å². The van der Waals surface area contributed by atoms with E-state index in [0.29, 0.717) is 6.41 Å². The van der Waals surface area contributed by atoms with Gasteiger partial charge in [0.15, 0.2) is 9.84 Å². The van der Waals surface area contributed by atoms with Crippen LogP contribution in [-0.2, 0) is 14.6 Å². The molecular weight excluding hydrogens is 208 g/mol. The molecule has 1 aliphatic heterocycles. The average molecular weight is 222 g/mol. The molecule has 0 aliphatic carbocycles. The highest BCUT2D eigenvalue weighted by atomic mass is 32.2. The monoisotopic (exact) mass is 222 g/mol. The van der Waals surface area contributed by atoms with Crippen LogP contribution < -0.4 is 0 Å². The fourth-order valence-electron chi connectivity index (χ4n) is 1.53. The quantitative estimate of drug-likeness (QED) is 0.445. The van der Waals surface area contributed by atoms with Crippen LogP contribution in [0.25, 0.3) is 0 Å². The molecule has 82 valence electrons. The lowest BCUT2D eigenvalue weighted by Crippen LogP contribution is -2.49. The molecule has 0 bridgehead atoms. The van der Waals surface area contributed by atoms with E-state index in [0.717, 1.165) is 0 Å². The van der Waals surface area contributed by atoms with Crippen molar-refractivity contribution >= 4 is 16.2 Å². The number of carbonyl (C=O) groups is 1. The molecule has 0 aromatic rings. The highest BCUT2D eigenvalue weighted by Gasteiger charge is 2.40. The maximum atomic E-state index is 11.2. The summed E-state index contributed by atoms with van der Waals surface area (Å²) >= 11 is 0. The van der Waals surface area contributed by atoms with Crippen LogP contribution in [0.3, 0.4) is 0 Å². The SMILES string of the molecule is CN(C)N(C=O)[C@@H]1CS(=O)(=O)C[C@H]1O. The van der Waals surface area contributed by atoms with E-state index in [-0.39, 0.29) is 11.5 Å². The first-order valence-electron chi connectivity index (χ1n) is 4.17. The molecule has 0 aromatic heterocycles. The van der Waals surface area contributed by atoms with E-state index in [4.69, 9.17) is 0 Å². The minimum Gasteiger partial charge on any atom is -0.390 e. The van der Waals surface area contributed by atoms with Gasteiger partial charge in [0.1, 0.15) is 0 Å². The smallest absolute Gasteiger partial charge is 0.224 e. The lowest BCUT2D eigenvalue weighted by Gasteiger charge is -2.31. The summed E-state index contributed by atoms with van der Waals surface area (Å²) in [6.45, 7) is 0. The molecule has 0 radical (unpaired) electrons. The predicted octanol–water partition coefficient (Wildman–Crippen LogP) is -1.92. The zero-order valence-corrected chi connectivity index (χ0v) is 8.94. The minimum atomic E-state index is -3.21.